The molecule has 1 aromatic carbocycles. The molecule has 0 spiro atoms. The maximum atomic E-state index is 12.0. The molecule has 1 aromatic rings. The highest BCUT2D eigenvalue weighted by molar-refractivity contribution is 7.93. The highest BCUT2D eigenvalue weighted by Gasteiger charge is 2.28. The topological polar surface area (TPSA) is 73.8 Å². The molecule has 3 rings (SSSR count). The van der Waals surface area contributed by atoms with Crippen LogP contribution in [-0.4, -0.2) is 39.3 Å². The molecule has 1 fully saturated rings. The maximum absolute atomic E-state index is 12.0. The third-order valence-electron chi connectivity index (χ3n) is 3.66. The van der Waals surface area contributed by atoms with Gasteiger partial charge in [0.1, 0.15) is 0 Å². The molecular formula is C14H20N4O2S. The number of guanidine groups is 1. The van der Waals surface area contributed by atoms with Gasteiger partial charge in [-0.2, -0.15) is 0 Å². The maximum Gasteiger partial charge on any atom is 0.235 e. The third kappa shape index (κ3) is 3.12. The quantitative estimate of drug-likeness (QED) is 0.860. The van der Waals surface area contributed by atoms with Crippen LogP contribution in [0.15, 0.2) is 29.3 Å². The Balaban J connectivity index is 1.69. The smallest absolute Gasteiger partial charge is 0.235 e. The van der Waals surface area contributed by atoms with Gasteiger partial charge in [-0.05, 0) is 31.0 Å². The predicted molar refractivity (Wildman–Crippen MR) is 83.9 cm³/mol. The van der Waals surface area contributed by atoms with Crippen molar-refractivity contribution in [3.63, 3.8) is 0 Å². The van der Waals surface area contributed by atoms with Gasteiger partial charge in [-0.25, -0.2) is 8.42 Å². The average molecular weight is 308 g/mol. The number of hydrogen-bond acceptors (Lipinski definition) is 5. The third-order valence-corrected chi connectivity index (χ3v) is 5.53. The Hall–Kier alpha value is -1.76. The number of nitrogens with zero attached hydrogens (tertiary/aromatic N) is 2. The van der Waals surface area contributed by atoms with Gasteiger partial charge < -0.3 is 10.6 Å². The molecule has 2 heterocycles. The summed E-state index contributed by atoms with van der Waals surface area (Å²) in [6.45, 7) is 4.07. The van der Waals surface area contributed by atoms with E-state index in [-0.39, 0.29) is 5.75 Å². The van der Waals surface area contributed by atoms with Gasteiger partial charge in [-0.15, -0.1) is 0 Å². The summed E-state index contributed by atoms with van der Waals surface area (Å²) in [6, 6.07) is 8.02. The van der Waals surface area contributed by atoms with Gasteiger partial charge in [0.2, 0.25) is 10.0 Å². The normalized spacial score (nSPS) is 23.8. The lowest BCUT2D eigenvalue weighted by atomic mass is 10.2. The Morgan fingerprint density at radius 3 is 3.00 bits per heavy atom. The summed E-state index contributed by atoms with van der Waals surface area (Å²) >= 11 is 0. The Labute approximate surface area is 125 Å². The second kappa shape index (κ2) is 5.55. The Morgan fingerprint density at radius 2 is 2.33 bits per heavy atom. The van der Waals surface area contributed by atoms with E-state index >= 15 is 0 Å². The van der Waals surface area contributed by atoms with Crippen LogP contribution in [0, 0.1) is 0 Å². The van der Waals surface area contributed by atoms with E-state index in [1.807, 2.05) is 24.3 Å². The van der Waals surface area contributed by atoms with Crippen molar-refractivity contribution in [3.05, 3.63) is 29.8 Å². The molecule has 0 aromatic heterocycles. The first kappa shape index (κ1) is 14.2. The van der Waals surface area contributed by atoms with E-state index < -0.39 is 10.0 Å². The first-order chi connectivity index (χ1) is 10.0. The number of nitrogens with one attached hydrogen (secondary N) is 2. The number of aliphatic imine (C=N–C) groups is 1. The highest BCUT2D eigenvalue weighted by Crippen LogP contribution is 2.24. The summed E-state index contributed by atoms with van der Waals surface area (Å²) in [6.07, 6.45) is 0.698. The summed E-state index contributed by atoms with van der Waals surface area (Å²) in [5.41, 5.74) is 1.79. The van der Waals surface area contributed by atoms with Crippen LogP contribution < -0.4 is 14.9 Å². The highest BCUT2D eigenvalue weighted by atomic mass is 32.2. The lowest BCUT2D eigenvalue weighted by molar-refractivity contribution is 0.599. The van der Waals surface area contributed by atoms with Crippen molar-refractivity contribution in [1.82, 2.24) is 10.6 Å². The van der Waals surface area contributed by atoms with Crippen molar-refractivity contribution in [1.29, 1.82) is 0 Å². The lowest BCUT2D eigenvalue weighted by Crippen LogP contribution is -2.37. The van der Waals surface area contributed by atoms with Gasteiger partial charge in [0.25, 0.3) is 0 Å². The Bertz CT molecular complexity index is 657. The van der Waals surface area contributed by atoms with E-state index in [4.69, 9.17) is 0 Å². The van der Waals surface area contributed by atoms with Crippen LogP contribution in [0.25, 0.3) is 0 Å². The molecule has 1 saturated heterocycles. The Morgan fingerprint density at radius 1 is 1.48 bits per heavy atom. The van der Waals surface area contributed by atoms with E-state index in [9.17, 15) is 8.42 Å². The Kier molecular flexibility index (Phi) is 3.75. The van der Waals surface area contributed by atoms with Crippen LogP contribution >= 0.6 is 0 Å². The molecule has 21 heavy (non-hydrogen) atoms. The standard InChI is InChI=1S/C14H20N4O2S/c1-11-9-15-14(17-11)16-10-12-4-2-5-13(8-12)18-6-3-7-21(18,19)20/h2,4-5,8,11H,3,6-7,9-10H2,1H3,(H2,15,16,17). The summed E-state index contributed by atoms with van der Waals surface area (Å²) < 4.78 is 25.4. The van der Waals surface area contributed by atoms with Crippen molar-refractivity contribution in [2.75, 3.05) is 23.1 Å². The molecule has 0 saturated carbocycles. The first-order valence-corrected chi connectivity index (χ1v) is 8.80. The van der Waals surface area contributed by atoms with Crippen LogP contribution in [0.1, 0.15) is 18.9 Å². The number of anilines is 1. The second-order valence-electron chi connectivity index (χ2n) is 5.50. The van der Waals surface area contributed by atoms with Crippen LogP contribution in [0.3, 0.4) is 0 Å². The van der Waals surface area contributed by atoms with Gasteiger partial charge in [0.05, 0.1) is 18.0 Å². The van der Waals surface area contributed by atoms with Crippen LogP contribution in [0.2, 0.25) is 0 Å². The summed E-state index contributed by atoms with van der Waals surface area (Å²) in [4.78, 5) is 4.34. The first-order valence-electron chi connectivity index (χ1n) is 7.19. The van der Waals surface area contributed by atoms with E-state index in [2.05, 4.69) is 22.5 Å². The fourth-order valence-electron chi connectivity index (χ4n) is 2.60. The minimum absolute atomic E-state index is 0.244. The fourth-order valence-corrected chi connectivity index (χ4v) is 4.15. The predicted octanol–water partition coefficient (Wildman–Crippen LogP) is 0.664. The molecule has 0 bridgehead atoms. The summed E-state index contributed by atoms with van der Waals surface area (Å²) in [5.74, 6) is 1.05. The molecule has 0 amide bonds. The van der Waals surface area contributed by atoms with Crippen molar-refractivity contribution in [2.24, 2.45) is 4.99 Å². The van der Waals surface area contributed by atoms with Gasteiger partial charge in [0.15, 0.2) is 5.96 Å². The van der Waals surface area contributed by atoms with Crippen molar-refractivity contribution >= 4 is 21.7 Å². The number of benzene rings is 1. The van der Waals surface area contributed by atoms with Crippen molar-refractivity contribution < 1.29 is 8.42 Å². The lowest BCUT2D eigenvalue weighted by Gasteiger charge is -2.18. The molecule has 0 aliphatic carbocycles. The van der Waals surface area contributed by atoms with Crippen LogP contribution in [0.5, 0.6) is 0 Å². The minimum Gasteiger partial charge on any atom is -0.352 e. The molecule has 0 radical (unpaired) electrons. The molecule has 114 valence electrons. The zero-order valence-electron chi connectivity index (χ0n) is 12.0. The van der Waals surface area contributed by atoms with Crippen molar-refractivity contribution in [3.8, 4) is 0 Å². The van der Waals surface area contributed by atoms with Crippen molar-refractivity contribution in [2.45, 2.75) is 25.9 Å². The van der Waals surface area contributed by atoms with Gasteiger partial charge in [0, 0.05) is 19.1 Å². The molecule has 2 aliphatic heterocycles. The SMILES string of the molecule is CC1CN=C(NCc2cccc(N3CCCS3(=O)=O)c2)N1. The number of rotatable bonds is 3. The number of sulfonamides is 1. The zero-order valence-corrected chi connectivity index (χ0v) is 12.9. The van der Waals surface area contributed by atoms with E-state index in [0.29, 0.717) is 25.6 Å². The zero-order chi connectivity index (χ0) is 14.9. The molecule has 2 aliphatic rings. The fraction of sp³-hybridized carbons (Fsp3) is 0.500. The molecule has 7 heteroatoms. The van der Waals surface area contributed by atoms with Gasteiger partial charge in [-0.1, -0.05) is 12.1 Å². The van der Waals surface area contributed by atoms with E-state index in [1.54, 1.807) is 0 Å². The molecule has 1 unspecified atom stereocenters. The van der Waals surface area contributed by atoms with Gasteiger partial charge in [-0.3, -0.25) is 9.30 Å². The average Bonchev–Trinajstić information content (AvgIpc) is 3.02. The molecule has 2 N–H and O–H groups in total. The van der Waals surface area contributed by atoms with Crippen LogP contribution in [0.4, 0.5) is 5.69 Å². The molecule has 6 nitrogen and oxygen atoms in total. The second-order valence-corrected chi connectivity index (χ2v) is 7.51. The summed E-state index contributed by atoms with van der Waals surface area (Å²) in [5, 5.41) is 6.48. The van der Waals surface area contributed by atoms with Gasteiger partial charge >= 0.3 is 0 Å². The molecule has 1 atom stereocenters. The minimum atomic E-state index is -3.12. The van der Waals surface area contributed by atoms with Crippen LogP contribution in [-0.2, 0) is 16.6 Å². The number of hydrogen-bond donors (Lipinski definition) is 2. The monoisotopic (exact) mass is 308 g/mol. The summed E-state index contributed by atoms with van der Waals surface area (Å²) in [7, 11) is -3.12. The van der Waals surface area contributed by atoms with E-state index in [1.165, 1.54) is 4.31 Å². The largest absolute Gasteiger partial charge is 0.352 e. The molecular weight excluding hydrogens is 288 g/mol. The van der Waals surface area contributed by atoms with E-state index in [0.717, 1.165) is 23.8 Å².